The number of hydrogen-bond donors (Lipinski definition) is 2. The van der Waals surface area contributed by atoms with Gasteiger partial charge in [0.15, 0.2) is 0 Å². The number of pyridine rings is 1. The monoisotopic (exact) mass is 484 g/mol. The first-order chi connectivity index (χ1) is 17.4. The van der Waals surface area contributed by atoms with Gasteiger partial charge < -0.3 is 10.6 Å². The van der Waals surface area contributed by atoms with Crippen LogP contribution in [0.1, 0.15) is 47.4 Å². The number of piperazine rings is 1. The summed E-state index contributed by atoms with van der Waals surface area (Å²) in [5.41, 5.74) is 2.64. The van der Waals surface area contributed by atoms with Gasteiger partial charge in [-0.3, -0.25) is 9.88 Å². The summed E-state index contributed by atoms with van der Waals surface area (Å²) in [7, 11) is 0. The van der Waals surface area contributed by atoms with E-state index in [1.807, 2.05) is 23.6 Å². The van der Waals surface area contributed by atoms with Gasteiger partial charge in [-0.05, 0) is 78.8 Å². The second-order valence-corrected chi connectivity index (χ2v) is 10.4. The van der Waals surface area contributed by atoms with E-state index < -0.39 is 0 Å². The summed E-state index contributed by atoms with van der Waals surface area (Å²) in [5, 5.41) is 12.2. The predicted molar refractivity (Wildman–Crippen MR) is 148 cm³/mol. The molecule has 5 rings (SSSR count). The largest absolute Gasteiger partial charge is 0.317 e. The number of aromatic nitrogens is 1. The normalized spacial score (nSPS) is 17.5. The van der Waals surface area contributed by atoms with Crippen LogP contribution in [0, 0.1) is 0 Å². The van der Waals surface area contributed by atoms with E-state index in [1.54, 1.807) is 0 Å². The first kappa shape index (κ1) is 24.1. The van der Waals surface area contributed by atoms with E-state index >= 15 is 0 Å². The number of nitrogens with one attached hydrogen (secondary N) is 2. The molecule has 0 spiro atoms. The van der Waals surface area contributed by atoms with Gasteiger partial charge in [0.2, 0.25) is 0 Å². The van der Waals surface area contributed by atoms with Gasteiger partial charge in [-0.25, -0.2) is 0 Å². The second kappa shape index (κ2) is 12.4. The summed E-state index contributed by atoms with van der Waals surface area (Å²) in [6.45, 7) is 6.41. The molecule has 182 valence electrons. The highest BCUT2D eigenvalue weighted by molar-refractivity contribution is 7.10. The average Bonchev–Trinajstić information content (AvgIpc) is 3.46. The molecule has 0 saturated carbocycles. The van der Waals surface area contributed by atoms with E-state index in [0.717, 1.165) is 45.7 Å². The molecule has 0 amide bonds. The number of benzene rings is 2. The number of unbranched alkanes of at least 4 members (excludes halogenated alkanes) is 1. The molecule has 1 fully saturated rings. The Kier molecular flexibility index (Phi) is 8.56. The van der Waals surface area contributed by atoms with E-state index in [0.29, 0.717) is 12.0 Å². The van der Waals surface area contributed by atoms with Crippen LogP contribution in [0.25, 0.3) is 10.8 Å². The lowest BCUT2D eigenvalue weighted by Gasteiger charge is -2.35. The van der Waals surface area contributed by atoms with Crippen molar-refractivity contribution in [1.82, 2.24) is 20.5 Å². The van der Waals surface area contributed by atoms with E-state index in [2.05, 4.69) is 92.6 Å². The van der Waals surface area contributed by atoms with Gasteiger partial charge in [0, 0.05) is 36.6 Å². The Labute approximate surface area is 213 Å². The second-order valence-electron chi connectivity index (χ2n) is 9.39. The molecule has 3 heterocycles. The summed E-state index contributed by atoms with van der Waals surface area (Å²) in [5.74, 6) is 0.439. The molecule has 2 atom stereocenters. The molecule has 0 bridgehead atoms. The van der Waals surface area contributed by atoms with Crippen molar-refractivity contribution in [2.45, 2.75) is 31.2 Å². The number of rotatable bonds is 11. The fourth-order valence-corrected chi connectivity index (χ4v) is 6.19. The molecule has 2 aromatic carbocycles. The molecule has 35 heavy (non-hydrogen) atoms. The maximum absolute atomic E-state index is 4.61. The van der Waals surface area contributed by atoms with Crippen molar-refractivity contribution in [2.75, 3.05) is 39.3 Å². The summed E-state index contributed by atoms with van der Waals surface area (Å²) >= 11 is 1.88. The SMILES string of the molecule is c1ccc(C2CNCCN2CCCCNCCC(c2cccs2)c2cccc3ccccc23)nc1. The van der Waals surface area contributed by atoms with Gasteiger partial charge in [0.05, 0.1) is 11.7 Å². The number of thiophene rings is 1. The topological polar surface area (TPSA) is 40.2 Å². The minimum absolute atomic E-state index is 0.394. The Morgan fingerprint density at radius 2 is 1.89 bits per heavy atom. The first-order valence-corrected chi connectivity index (χ1v) is 13.9. The molecule has 1 saturated heterocycles. The molecule has 2 unspecified atom stereocenters. The first-order valence-electron chi connectivity index (χ1n) is 13.0. The van der Waals surface area contributed by atoms with Crippen molar-refractivity contribution in [3.05, 3.63) is 101 Å². The Morgan fingerprint density at radius 1 is 0.971 bits per heavy atom. The fourth-order valence-electron chi connectivity index (χ4n) is 5.31. The molecule has 2 N–H and O–H groups in total. The van der Waals surface area contributed by atoms with Crippen LogP contribution in [0.5, 0.6) is 0 Å². The Hall–Kier alpha value is -2.57. The lowest BCUT2D eigenvalue weighted by Crippen LogP contribution is -2.46. The minimum atomic E-state index is 0.394. The van der Waals surface area contributed by atoms with Gasteiger partial charge in [-0.15, -0.1) is 11.3 Å². The summed E-state index contributed by atoms with van der Waals surface area (Å²) < 4.78 is 0. The summed E-state index contributed by atoms with van der Waals surface area (Å²) in [6.07, 6.45) is 5.45. The molecule has 5 heteroatoms. The maximum Gasteiger partial charge on any atom is 0.0647 e. The standard InChI is InChI=1S/C30H36N4S/c1-2-11-25-24(9-1)10-7-12-26(25)27(30-14-8-22-35-30)15-18-31-16-5-6-20-34-21-19-32-23-29(34)28-13-3-4-17-33-28/h1-4,7-14,17,22,27,29,31-32H,5-6,15-16,18-21,23H2. The molecule has 4 aromatic rings. The van der Waals surface area contributed by atoms with Crippen LogP contribution in [0.15, 0.2) is 84.4 Å². The van der Waals surface area contributed by atoms with Crippen molar-refractivity contribution in [2.24, 2.45) is 0 Å². The van der Waals surface area contributed by atoms with Gasteiger partial charge in [0.1, 0.15) is 0 Å². The van der Waals surface area contributed by atoms with Crippen LogP contribution in [0.3, 0.4) is 0 Å². The van der Waals surface area contributed by atoms with Crippen LogP contribution < -0.4 is 10.6 Å². The highest BCUT2D eigenvalue weighted by atomic mass is 32.1. The zero-order valence-electron chi connectivity index (χ0n) is 20.4. The van der Waals surface area contributed by atoms with E-state index in [9.17, 15) is 0 Å². The highest BCUT2D eigenvalue weighted by Crippen LogP contribution is 2.35. The smallest absolute Gasteiger partial charge is 0.0647 e. The minimum Gasteiger partial charge on any atom is -0.317 e. The van der Waals surface area contributed by atoms with Crippen molar-refractivity contribution in [3.63, 3.8) is 0 Å². The third kappa shape index (κ3) is 6.17. The average molecular weight is 485 g/mol. The quantitative estimate of drug-likeness (QED) is 0.263. The zero-order valence-corrected chi connectivity index (χ0v) is 21.2. The van der Waals surface area contributed by atoms with Crippen LogP contribution in [-0.2, 0) is 0 Å². The summed E-state index contributed by atoms with van der Waals surface area (Å²) in [6, 6.07) is 26.7. The molecule has 2 aromatic heterocycles. The molecular formula is C30H36N4S. The van der Waals surface area contributed by atoms with E-state index in [-0.39, 0.29) is 0 Å². The third-order valence-corrected chi connectivity index (χ3v) is 8.11. The molecule has 0 radical (unpaired) electrons. The Bertz CT molecular complexity index is 1160. The van der Waals surface area contributed by atoms with Crippen LogP contribution >= 0.6 is 11.3 Å². The maximum atomic E-state index is 4.61. The fraction of sp³-hybridized carbons (Fsp3) is 0.367. The van der Waals surface area contributed by atoms with Crippen LogP contribution in [0.2, 0.25) is 0 Å². The molecule has 1 aliphatic heterocycles. The third-order valence-electron chi connectivity index (χ3n) is 7.13. The molecule has 4 nitrogen and oxygen atoms in total. The molecule has 1 aliphatic rings. The zero-order chi connectivity index (χ0) is 23.7. The van der Waals surface area contributed by atoms with Gasteiger partial charge in [-0.2, -0.15) is 0 Å². The number of fused-ring (bicyclic) bond motifs is 1. The van der Waals surface area contributed by atoms with Gasteiger partial charge in [0.25, 0.3) is 0 Å². The van der Waals surface area contributed by atoms with Crippen LogP contribution in [-0.4, -0.2) is 49.2 Å². The lowest BCUT2D eigenvalue weighted by molar-refractivity contribution is 0.156. The summed E-state index contributed by atoms with van der Waals surface area (Å²) in [4.78, 5) is 8.67. The van der Waals surface area contributed by atoms with E-state index in [4.69, 9.17) is 0 Å². The van der Waals surface area contributed by atoms with Gasteiger partial charge in [-0.1, -0.05) is 54.6 Å². The van der Waals surface area contributed by atoms with Crippen molar-refractivity contribution in [3.8, 4) is 0 Å². The Morgan fingerprint density at radius 3 is 2.77 bits per heavy atom. The van der Waals surface area contributed by atoms with Crippen molar-refractivity contribution in [1.29, 1.82) is 0 Å². The Balaban J connectivity index is 1.11. The predicted octanol–water partition coefficient (Wildman–Crippen LogP) is 5.83. The van der Waals surface area contributed by atoms with E-state index in [1.165, 1.54) is 39.7 Å². The molecular weight excluding hydrogens is 448 g/mol. The van der Waals surface area contributed by atoms with Crippen LogP contribution in [0.4, 0.5) is 0 Å². The lowest BCUT2D eigenvalue weighted by atomic mass is 9.90. The van der Waals surface area contributed by atoms with Crippen molar-refractivity contribution < 1.29 is 0 Å². The van der Waals surface area contributed by atoms with Crippen molar-refractivity contribution >= 4 is 22.1 Å². The number of nitrogens with zero attached hydrogens (tertiary/aromatic N) is 2. The number of hydrogen-bond acceptors (Lipinski definition) is 5. The van der Waals surface area contributed by atoms with Gasteiger partial charge >= 0.3 is 0 Å². The molecule has 0 aliphatic carbocycles. The highest BCUT2D eigenvalue weighted by Gasteiger charge is 2.24.